The maximum Gasteiger partial charge on any atom is 0.193 e. The molecule has 7 nitrogen and oxygen atoms in total. The van der Waals surface area contributed by atoms with Crippen LogP contribution in [-0.4, -0.2) is 75.9 Å². The van der Waals surface area contributed by atoms with Crippen molar-refractivity contribution in [1.29, 1.82) is 0 Å². The largest absolute Gasteiger partial charge is 0.395 e. The number of hydrogen-bond donors (Lipinski definition) is 6. The zero-order valence-electron chi connectivity index (χ0n) is 8.20. The van der Waals surface area contributed by atoms with Crippen LogP contribution in [0.2, 0.25) is 0 Å². The topological polar surface area (TPSA) is 130 Å². The summed E-state index contributed by atoms with van der Waals surface area (Å²) in [6.45, 7) is -0.815. The van der Waals surface area contributed by atoms with Gasteiger partial charge >= 0.3 is 0 Å². The highest BCUT2D eigenvalue weighted by Crippen LogP contribution is 1.98. The third kappa shape index (κ3) is 5.17. The number of Topliss-reactive ketones (excluding diaryl/α,β-unsaturated/α-hetero) is 1. The van der Waals surface area contributed by atoms with E-state index < -0.39 is 30.7 Å². The van der Waals surface area contributed by atoms with Gasteiger partial charge in [0.2, 0.25) is 0 Å². The van der Waals surface area contributed by atoms with Gasteiger partial charge in [-0.3, -0.25) is 4.79 Å². The molecule has 0 aliphatic carbocycles. The van der Waals surface area contributed by atoms with E-state index in [0.717, 1.165) is 0 Å². The lowest BCUT2D eigenvalue weighted by Gasteiger charge is -2.18. The van der Waals surface area contributed by atoms with Crippen molar-refractivity contribution in [3.05, 3.63) is 0 Å². The SMILES string of the molecule is O=C([C@@H](O)CNCCO)[C@H](O)C(O)CO. The van der Waals surface area contributed by atoms with Gasteiger partial charge < -0.3 is 30.8 Å². The highest BCUT2D eigenvalue weighted by Gasteiger charge is 2.28. The summed E-state index contributed by atoms with van der Waals surface area (Å²) >= 11 is 0. The van der Waals surface area contributed by atoms with E-state index in [0.29, 0.717) is 0 Å². The Kier molecular flexibility index (Phi) is 7.39. The Morgan fingerprint density at radius 2 is 1.80 bits per heavy atom. The third-order valence-electron chi connectivity index (χ3n) is 1.80. The third-order valence-corrected chi connectivity index (χ3v) is 1.80. The monoisotopic (exact) mass is 223 g/mol. The first-order valence-electron chi connectivity index (χ1n) is 4.55. The summed E-state index contributed by atoms with van der Waals surface area (Å²) in [4.78, 5) is 11.2. The van der Waals surface area contributed by atoms with E-state index in [9.17, 15) is 9.90 Å². The summed E-state index contributed by atoms with van der Waals surface area (Å²) in [7, 11) is 0. The molecule has 0 rings (SSSR count). The van der Waals surface area contributed by atoms with Crippen LogP contribution < -0.4 is 5.32 Å². The van der Waals surface area contributed by atoms with Crippen LogP contribution in [0.4, 0.5) is 0 Å². The Balaban J connectivity index is 3.96. The minimum atomic E-state index is -1.80. The lowest BCUT2D eigenvalue weighted by atomic mass is 10.1. The number of carbonyl (C=O) groups excluding carboxylic acids is 1. The second-order valence-electron chi connectivity index (χ2n) is 3.04. The Morgan fingerprint density at radius 1 is 1.20 bits per heavy atom. The van der Waals surface area contributed by atoms with E-state index in [-0.39, 0.29) is 19.7 Å². The predicted octanol–water partition coefficient (Wildman–Crippen LogP) is -3.79. The van der Waals surface area contributed by atoms with Gasteiger partial charge in [0.1, 0.15) is 18.3 Å². The molecule has 7 heteroatoms. The van der Waals surface area contributed by atoms with Crippen molar-refractivity contribution in [2.24, 2.45) is 0 Å². The molecule has 0 aromatic carbocycles. The maximum atomic E-state index is 11.2. The molecular formula is C8H17NO6. The lowest BCUT2D eigenvalue weighted by Crippen LogP contribution is -2.45. The molecule has 0 aromatic rings. The van der Waals surface area contributed by atoms with E-state index in [2.05, 4.69) is 5.32 Å². The minimum Gasteiger partial charge on any atom is -0.395 e. The lowest BCUT2D eigenvalue weighted by molar-refractivity contribution is -0.142. The van der Waals surface area contributed by atoms with Crippen molar-refractivity contribution in [3.63, 3.8) is 0 Å². The van der Waals surface area contributed by atoms with Crippen LogP contribution in [-0.2, 0) is 4.79 Å². The molecule has 0 aliphatic rings. The van der Waals surface area contributed by atoms with Crippen LogP contribution in [0.15, 0.2) is 0 Å². The molecule has 0 heterocycles. The molecule has 0 amide bonds. The van der Waals surface area contributed by atoms with Gasteiger partial charge in [-0.1, -0.05) is 0 Å². The molecule has 0 spiro atoms. The van der Waals surface area contributed by atoms with Crippen LogP contribution in [0.1, 0.15) is 0 Å². The van der Waals surface area contributed by atoms with Crippen LogP contribution in [0.5, 0.6) is 0 Å². The molecule has 0 radical (unpaired) electrons. The van der Waals surface area contributed by atoms with E-state index in [1.54, 1.807) is 0 Å². The van der Waals surface area contributed by atoms with E-state index in [1.807, 2.05) is 0 Å². The molecule has 0 saturated heterocycles. The number of ketones is 1. The van der Waals surface area contributed by atoms with Gasteiger partial charge in [0.05, 0.1) is 13.2 Å². The Labute approximate surface area is 87.0 Å². The molecular weight excluding hydrogens is 206 g/mol. The van der Waals surface area contributed by atoms with Crippen molar-refractivity contribution in [2.45, 2.75) is 18.3 Å². The highest BCUT2D eigenvalue weighted by molar-refractivity contribution is 5.87. The predicted molar refractivity (Wildman–Crippen MR) is 50.1 cm³/mol. The smallest absolute Gasteiger partial charge is 0.193 e. The normalized spacial score (nSPS) is 17.1. The zero-order chi connectivity index (χ0) is 11.8. The number of hydrogen-bond acceptors (Lipinski definition) is 7. The average molecular weight is 223 g/mol. The second kappa shape index (κ2) is 7.69. The number of aliphatic hydroxyl groups is 5. The van der Waals surface area contributed by atoms with E-state index in [4.69, 9.17) is 20.4 Å². The Hall–Kier alpha value is -0.570. The quantitative estimate of drug-likeness (QED) is 0.233. The molecule has 0 saturated carbocycles. The second-order valence-corrected chi connectivity index (χ2v) is 3.04. The molecule has 0 bridgehead atoms. The number of nitrogens with one attached hydrogen (secondary N) is 1. The van der Waals surface area contributed by atoms with Crippen LogP contribution in [0.25, 0.3) is 0 Å². The van der Waals surface area contributed by atoms with Crippen molar-refractivity contribution >= 4 is 5.78 Å². The fourth-order valence-corrected chi connectivity index (χ4v) is 0.905. The van der Waals surface area contributed by atoms with Gasteiger partial charge in [-0.15, -0.1) is 0 Å². The summed E-state index contributed by atoms with van der Waals surface area (Å²) in [5.41, 5.74) is 0. The molecule has 0 aromatic heterocycles. The van der Waals surface area contributed by atoms with Crippen molar-refractivity contribution in [3.8, 4) is 0 Å². The summed E-state index contributed by atoms with van der Waals surface area (Å²) in [5.74, 6) is -0.970. The van der Waals surface area contributed by atoms with E-state index >= 15 is 0 Å². The van der Waals surface area contributed by atoms with Gasteiger partial charge in [-0.2, -0.15) is 0 Å². The van der Waals surface area contributed by atoms with Gasteiger partial charge in [-0.05, 0) is 0 Å². The van der Waals surface area contributed by atoms with Crippen molar-refractivity contribution in [2.75, 3.05) is 26.3 Å². The van der Waals surface area contributed by atoms with Crippen LogP contribution in [0, 0.1) is 0 Å². The summed E-state index contributed by atoms with van der Waals surface area (Å²) in [6, 6.07) is 0. The first-order chi connectivity index (χ1) is 7.04. The highest BCUT2D eigenvalue weighted by atomic mass is 16.4. The summed E-state index contributed by atoms with van der Waals surface area (Å²) < 4.78 is 0. The number of carbonyl (C=O) groups is 1. The molecule has 1 unspecified atom stereocenters. The summed E-state index contributed by atoms with van der Waals surface area (Å²) in [6.07, 6.45) is -4.88. The molecule has 15 heavy (non-hydrogen) atoms. The van der Waals surface area contributed by atoms with Gasteiger partial charge in [0, 0.05) is 13.1 Å². The standard InChI is InChI=1S/C8H17NO6/c10-2-1-9-3-5(12)7(14)8(15)6(13)4-11/h5-6,8-13,15H,1-4H2/t5-,6?,8+/m0/s1. The molecule has 0 aliphatic heterocycles. The van der Waals surface area contributed by atoms with Crippen molar-refractivity contribution in [1.82, 2.24) is 5.32 Å². The van der Waals surface area contributed by atoms with Crippen LogP contribution in [0.3, 0.4) is 0 Å². The maximum absolute atomic E-state index is 11.2. The minimum absolute atomic E-state index is 0.130. The Morgan fingerprint density at radius 3 is 2.27 bits per heavy atom. The molecule has 3 atom stereocenters. The van der Waals surface area contributed by atoms with Gasteiger partial charge in [-0.25, -0.2) is 0 Å². The molecule has 90 valence electrons. The number of aliphatic hydroxyl groups excluding tert-OH is 5. The average Bonchev–Trinajstić information content (AvgIpc) is 2.26. The first-order valence-corrected chi connectivity index (χ1v) is 4.55. The van der Waals surface area contributed by atoms with Gasteiger partial charge in [0.15, 0.2) is 5.78 Å². The first kappa shape index (κ1) is 14.4. The number of rotatable bonds is 8. The Bertz CT molecular complexity index is 188. The fourth-order valence-electron chi connectivity index (χ4n) is 0.905. The van der Waals surface area contributed by atoms with Crippen LogP contribution >= 0.6 is 0 Å². The molecule has 0 fully saturated rings. The zero-order valence-corrected chi connectivity index (χ0v) is 8.20. The molecule has 6 N–H and O–H groups in total. The van der Waals surface area contributed by atoms with Crippen molar-refractivity contribution < 1.29 is 30.3 Å². The summed E-state index contributed by atoms with van der Waals surface area (Å²) in [5, 5.41) is 46.7. The van der Waals surface area contributed by atoms with Gasteiger partial charge in [0.25, 0.3) is 0 Å². The van der Waals surface area contributed by atoms with E-state index in [1.165, 1.54) is 0 Å². The fraction of sp³-hybridized carbons (Fsp3) is 0.875.